The van der Waals surface area contributed by atoms with E-state index in [2.05, 4.69) is 42.5 Å². The molecule has 2 saturated heterocycles. The second-order valence-electron chi connectivity index (χ2n) is 13.0. The van der Waals surface area contributed by atoms with Crippen molar-refractivity contribution in [3.8, 4) is 0 Å². The standard InChI is InChI=1S/C23H22Br2N2O5/c24-20-9-5-7(9)18(13(15(18)20)11(5)22(20)29-1-2-30-22)26-17(28)27-19-8-6-10(8)21(25)16(19)14(19)12(6)23(21)31-3-4-32-23/h5-16H,1-4H2,(H2,26,27,28)/t5-,6+,7-,8-,9+,10-,11-,12+,13+,14-,15-,16-,18-,19+,20+,21+/m1/s1. The molecule has 16 atom stereocenters. The molecule has 12 aliphatic carbocycles. The van der Waals surface area contributed by atoms with E-state index in [4.69, 9.17) is 18.9 Å². The average molecular weight is 566 g/mol. The first kappa shape index (κ1) is 16.7. The Kier molecular flexibility index (Phi) is 2.02. The van der Waals surface area contributed by atoms with Crippen molar-refractivity contribution in [1.29, 1.82) is 0 Å². The monoisotopic (exact) mass is 564 g/mol. The van der Waals surface area contributed by atoms with Gasteiger partial charge in [0.25, 0.3) is 0 Å². The first-order valence-corrected chi connectivity index (χ1v) is 14.1. The lowest BCUT2D eigenvalue weighted by Crippen LogP contribution is -2.56. The first-order valence-electron chi connectivity index (χ1n) is 12.5. The minimum absolute atomic E-state index is 0.0203. The summed E-state index contributed by atoms with van der Waals surface area (Å²) in [4.78, 5) is 13.6. The summed E-state index contributed by atoms with van der Waals surface area (Å²) in [6.07, 6.45) is 0. The third-order valence-corrected chi connectivity index (χ3v) is 16.6. The van der Waals surface area contributed by atoms with Crippen molar-refractivity contribution in [3.05, 3.63) is 0 Å². The molecule has 2 amide bonds. The Labute approximate surface area is 200 Å². The zero-order chi connectivity index (χ0) is 20.6. The van der Waals surface area contributed by atoms with Gasteiger partial charge in [0.15, 0.2) is 11.6 Å². The Morgan fingerprint density at radius 1 is 0.625 bits per heavy atom. The van der Waals surface area contributed by atoms with Gasteiger partial charge in [-0.25, -0.2) is 4.79 Å². The van der Waals surface area contributed by atoms with Gasteiger partial charge in [-0.3, -0.25) is 0 Å². The van der Waals surface area contributed by atoms with Crippen LogP contribution < -0.4 is 10.6 Å². The molecular weight excluding hydrogens is 544 g/mol. The molecule has 0 aromatic rings. The zero-order valence-electron chi connectivity index (χ0n) is 17.1. The SMILES string of the molecule is O=C(N[C@@]12[C@@H]3[C@@H]4[C@H]5[C@@H]1[C@H]2[C@@](Br)([C@H]43)C51OCCO1)N[C@]12[C@@H]3[C@H]4[C@@H]5[C@H]1[C@H]2[C@@](Br)([C@@H]43)C51OCCO1. The van der Waals surface area contributed by atoms with Crippen molar-refractivity contribution in [2.75, 3.05) is 26.4 Å². The van der Waals surface area contributed by atoms with E-state index in [1.807, 2.05) is 0 Å². The van der Waals surface area contributed by atoms with Gasteiger partial charge >= 0.3 is 6.03 Å². The zero-order valence-corrected chi connectivity index (χ0v) is 20.2. The minimum Gasteiger partial charge on any atom is -0.346 e. The molecule has 2 spiro atoms. The smallest absolute Gasteiger partial charge is 0.315 e. The maximum absolute atomic E-state index is 13.6. The number of carbonyl (C=O) groups excluding carboxylic acids is 1. The quantitative estimate of drug-likeness (QED) is 0.489. The van der Waals surface area contributed by atoms with Crippen molar-refractivity contribution >= 4 is 37.9 Å². The highest BCUT2D eigenvalue weighted by Gasteiger charge is 3.11. The van der Waals surface area contributed by atoms with Gasteiger partial charge < -0.3 is 29.6 Å². The maximum Gasteiger partial charge on any atom is 0.315 e. The molecule has 2 aliphatic heterocycles. The number of hydrogen-bond acceptors (Lipinski definition) is 5. The molecule has 14 rings (SSSR count). The molecule has 7 nitrogen and oxygen atoms in total. The van der Waals surface area contributed by atoms with Gasteiger partial charge in [-0.1, -0.05) is 31.9 Å². The highest BCUT2D eigenvalue weighted by atomic mass is 79.9. The van der Waals surface area contributed by atoms with Crippen LogP contribution in [0.1, 0.15) is 0 Å². The second kappa shape index (κ2) is 3.88. The van der Waals surface area contributed by atoms with Crippen LogP contribution in [-0.4, -0.2) is 63.8 Å². The third-order valence-electron chi connectivity index (χ3n) is 13.4. The summed E-state index contributed by atoms with van der Waals surface area (Å²) in [5, 5.41) is 7.19. The number of urea groups is 1. The fourth-order valence-electron chi connectivity index (χ4n) is 13.7. The summed E-state index contributed by atoms with van der Waals surface area (Å²) in [5.41, 5.74) is -0.0405. The van der Waals surface area contributed by atoms with E-state index in [0.717, 1.165) is 0 Å². The summed E-state index contributed by atoms with van der Waals surface area (Å²) in [6, 6.07) is 0.0713. The van der Waals surface area contributed by atoms with E-state index in [1.54, 1.807) is 0 Å². The van der Waals surface area contributed by atoms with E-state index in [0.29, 0.717) is 97.4 Å². The molecular formula is C23H22Br2N2O5. The summed E-state index contributed by atoms with van der Waals surface area (Å²) >= 11 is 8.34. The number of rotatable bonds is 2. The molecule has 0 aromatic heterocycles. The van der Waals surface area contributed by atoms with Crippen LogP contribution >= 0.6 is 31.9 Å². The van der Waals surface area contributed by atoms with Gasteiger partial charge in [0, 0.05) is 23.7 Å². The van der Waals surface area contributed by atoms with E-state index < -0.39 is 11.6 Å². The Morgan fingerprint density at radius 3 is 1.34 bits per heavy atom. The molecule has 14 fully saturated rings. The molecule has 32 heavy (non-hydrogen) atoms. The fraction of sp³-hybridized carbons (Fsp3) is 0.957. The molecule has 0 radical (unpaired) electrons. The van der Waals surface area contributed by atoms with Gasteiger partial charge in [-0.05, 0) is 47.3 Å². The van der Waals surface area contributed by atoms with E-state index >= 15 is 0 Å². The van der Waals surface area contributed by atoms with Crippen LogP contribution in [0, 0.1) is 71.0 Å². The molecule has 9 heteroatoms. The number of carbonyl (C=O) groups is 1. The van der Waals surface area contributed by atoms with Crippen molar-refractivity contribution in [2.45, 2.75) is 31.3 Å². The number of ether oxygens (including phenoxy) is 4. The summed E-state index contributed by atoms with van der Waals surface area (Å²) < 4.78 is 24.9. The second-order valence-corrected chi connectivity index (χ2v) is 15.7. The predicted octanol–water partition coefficient (Wildman–Crippen LogP) is 1.05. The van der Waals surface area contributed by atoms with Gasteiger partial charge in [0.1, 0.15) is 0 Å². The Hall–Kier alpha value is 0.0700. The fourth-order valence-corrected chi connectivity index (χ4v) is 17.2. The van der Waals surface area contributed by atoms with Crippen molar-refractivity contribution < 1.29 is 23.7 Å². The van der Waals surface area contributed by atoms with Crippen molar-refractivity contribution in [1.82, 2.24) is 10.6 Å². The van der Waals surface area contributed by atoms with Crippen LogP contribution in [0.15, 0.2) is 0 Å². The molecule has 0 aromatic carbocycles. The molecule has 168 valence electrons. The number of amides is 2. The van der Waals surface area contributed by atoms with E-state index in [1.165, 1.54) is 0 Å². The molecule has 14 aliphatic rings. The van der Waals surface area contributed by atoms with Gasteiger partial charge in [0.2, 0.25) is 0 Å². The molecule has 4 bridgehead atoms. The normalized spacial score (nSPS) is 77.8. The highest BCUT2D eigenvalue weighted by Crippen LogP contribution is 3.03. The van der Waals surface area contributed by atoms with Gasteiger partial charge in [0.05, 0.1) is 46.2 Å². The molecule has 12 saturated carbocycles. The number of hydrogen-bond donors (Lipinski definition) is 2. The van der Waals surface area contributed by atoms with E-state index in [9.17, 15) is 4.79 Å². The lowest BCUT2D eigenvalue weighted by atomic mass is 9.96. The van der Waals surface area contributed by atoms with Crippen LogP contribution in [-0.2, 0) is 18.9 Å². The summed E-state index contributed by atoms with van der Waals surface area (Å²) in [7, 11) is 0. The molecule has 2 heterocycles. The average Bonchev–Trinajstić information content (AvgIpc) is 3.65. The number of halogens is 2. The lowest BCUT2D eigenvalue weighted by Gasteiger charge is -2.38. The number of nitrogens with one attached hydrogen (secondary N) is 2. The van der Waals surface area contributed by atoms with Crippen LogP contribution in [0.4, 0.5) is 4.79 Å². The van der Waals surface area contributed by atoms with Crippen LogP contribution in [0.3, 0.4) is 0 Å². The maximum atomic E-state index is 13.6. The Morgan fingerprint density at radius 2 is 1.03 bits per heavy atom. The summed E-state index contributed by atoms with van der Waals surface area (Å²) in [5.74, 6) is 5.80. The Balaban J connectivity index is 0.875. The lowest BCUT2D eigenvalue weighted by molar-refractivity contribution is -0.191. The van der Waals surface area contributed by atoms with Gasteiger partial charge in [-0.15, -0.1) is 0 Å². The first-order chi connectivity index (χ1) is 15.5. The van der Waals surface area contributed by atoms with Crippen LogP contribution in [0.5, 0.6) is 0 Å². The van der Waals surface area contributed by atoms with Crippen LogP contribution in [0.2, 0.25) is 0 Å². The molecule has 0 unspecified atom stereocenters. The Bertz CT molecular complexity index is 1070. The predicted molar refractivity (Wildman–Crippen MR) is 112 cm³/mol. The van der Waals surface area contributed by atoms with Crippen molar-refractivity contribution in [3.63, 3.8) is 0 Å². The van der Waals surface area contributed by atoms with E-state index in [-0.39, 0.29) is 25.8 Å². The van der Waals surface area contributed by atoms with Gasteiger partial charge in [-0.2, -0.15) is 0 Å². The minimum atomic E-state index is -0.417. The van der Waals surface area contributed by atoms with Crippen LogP contribution in [0.25, 0.3) is 0 Å². The largest absolute Gasteiger partial charge is 0.346 e. The molecule has 2 N–H and O–H groups in total. The van der Waals surface area contributed by atoms with Crippen molar-refractivity contribution in [2.24, 2.45) is 71.0 Å². The third kappa shape index (κ3) is 1.02. The highest BCUT2D eigenvalue weighted by molar-refractivity contribution is 9.10. The number of alkyl halides is 2. The summed E-state index contributed by atoms with van der Waals surface area (Å²) in [6.45, 7) is 2.81. The topological polar surface area (TPSA) is 78.1 Å².